The van der Waals surface area contributed by atoms with Crippen LogP contribution in [-0.4, -0.2) is 73.1 Å². The molecule has 5 heterocycles. The number of nitrogens with one attached hydrogen (secondary N) is 2. The van der Waals surface area contributed by atoms with Crippen molar-refractivity contribution < 1.29 is 21.9 Å². The number of imidazole rings is 1. The number of rotatable bonds is 8. The Kier molecular flexibility index (Phi) is 6.55. The molecular formula is C22H27F2N7O3S. The molecule has 13 heteroatoms. The zero-order chi connectivity index (χ0) is 24.6. The molecule has 0 saturated carbocycles. The van der Waals surface area contributed by atoms with Crippen molar-refractivity contribution in [3.63, 3.8) is 0 Å². The molecule has 2 saturated heterocycles. The van der Waals surface area contributed by atoms with Gasteiger partial charge in [-0.2, -0.15) is 10.1 Å². The molecule has 0 aromatic carbocycles. The number of aromatic nitrogens is 4. The maximum absolute atomic E-state index is 13.3. The first-order valence-corrected chi connectivity index (χ1v) is 13.4. The summed E-state index contributed by atoms with van der Waals surface area (Å²) in [5.74, 6) is 1.24. The van der Waals surface area contributed by atoms with Crippen LogP contribution in [0.5, 0.6) is 5.88 Å². The lowest BCUT2D eigenvalue weighted by Gasteiger charge is -2.34. The summed E-state index contributed by atoms with van der Waals surface area (Å²) in [5.41, 5.74) is 1.37. The summed E-state index contributed by atoms with van der Waals surface area (Å²) in [6, 6.07) is 6.43. The highest BCUT2D eigenvalue weighted by Crippen LogP contribution is 2.31. The van der Waals surface area contributed by atoms with Crippen LogP contribution in [-0.2, 0) is 10.0 Å². The van der Waals surface area contributed by atoms with Gasteiger partial charge in [-0.05, 0) is 37.0 Å². The van der Waals surface area contributed by atoms with E-state index in [0.717, 1.165) is 38.7 Å². The smallest absolute Gasteiger partial charge is 0.282 e. The Morgan fingerprint density at radius 1 is 1.29 bits per heavy atom. The van der Waals surface area contributed by atoms with Crippen LogP contribution in [0.25, 0.3) is 16.9 Å². The van der Waals surface area contributed by atoms with Crippen molar-refractivity contribution in [2.24, 2.45) is 5.92 Å². The van der Waals surface area contributed by atoms with E-state index < -0.39 is 16.4 Å². The third kappa shape index (κ3) is 5.52. The average Bonchev–Trinajstić information content (AvgIpc) is 3.23. The van der Waals surface area contributed by atoms with Crippen molar-refractivity contribution in [2.45, 2.75) is 25.4 Å². The monoisotopic (exact) mass is 507 g/mol. The number of anilines is 1. The first-order valence-electron chi connectivity index (χ1n) is 11.5. The molecule has 35 heavy (non-hydrogen) atoms. The second-order valence-corrected chi connectivity index (χ2v) is 10.8. The second-order valence-electron chi connectivity index (χ2n) is 9.00. The van der Waals surface area contributed by atoms with E-state index in [1.54, 1.807) is 12.3 Å². The van der Waals surface area contributed by atoms with Gasteiger partial charge in [-0.15, -0.1) is 0 Å². The van der Waals surface area contributed by atoms with E-state index >= 15 is 0 Å². The van der Waals surface area contributed by atoms with E-state index in [0.29, 0.717) is 41.7 Å². The third-order valence-electron chi connectivity index (χ3n) is 6.20. The fourth-order valence-electron chi connectivity index (χ4n) is 4.29. The molecule has 2 aliphatic rings. The van der Waals surface area contributed by atoms with E-state index in [4.69, 9.17) is 9.72 Å². The molecule has 0 radical (unpaired) electrons. The molecule has 3 aromatic rings. The Hall–Kier alpha value is -2.90. The van der Waals surface area contributed by atoms with Crippen molar-refractivity contribution in [1.29, 1.82) is 0 Å². The largest absolute Gasteiger partial charge is 0.472 e. The molecule has 0 amide bonds. The predicted octanol–water partition coefficient (Wildman–Crippen LogP) is 1.85. The standard InChI is InChI=1S/C22H27F2N7O3S/c1-35(32,33)27-9-14-3-2-6-30(13-14)20-7-15(8-21(28-20)34-16-10-25-11-16)18-12-26-19-5-4-17(22(23)24)29-31(18)19/h4-5,7-8,12,14,16,22,25,27H,2-3,6,9-11,13H2,1H3. The van der Waals surface area contributed by atoms with Crippen molar-refractivity contribution in [1.82, 2.24) is 29.6 Å². The Morgan fingerprint density at radius 3 is 2.83 bits per heavy atom. The van der Waals surface area contributed by atoms with Gasteiger partial charge in [-0.3, -0.25) is 0 Å². The molecule has 0 spiro atoms. The van der Waals surface area contributed by atoms with E-state index in [2.05, 4.69) is 25.0 Å². The maximum atomic E-state index is 13.3. The summed E-state index contributed by atoms with van der Waals surface area (Å²) in [6.45, 7) is 3.19. The number of hydrogen-bond donors (Lipinski definition) is 2. The number of nitrogens with zero attached hydrogens (tertiary/aromatic N) is 5. The third-order valence-corrected chi connectivity index (χ3v) is 6.89. The van der Waals surface area contributed by atoms with Crippen LogP contribution in [0.3, 0.4) is 0 Å². The first kappa shape index (κ1) is 23.8. The van der Waals surface area contributed by atoms with Gasteiger partial charge < -0.3 is 15.0 Å². The minimum atomic E-state index is -3.27. The summed E-state index contributed by atoms with van der Waals surface area (Å²) in [5, 5.41) is 7.24. The number of alkyl halides is 2. The van der Waals surface area contributed by atoms with Crippen LogP contribution in [0.1, 0.15) is 25.0 Å². The van der Waals surface area contributed by atoms with Crippen LogP contribution in [0.4, 0.5) is 14.6 Å². The molecule has 2 fully saturated rings. The van der Waals surface area contributed by atoms with Crippen LogP contribution in [0.2, 0.25) is 0 Å². The highest BCUT2D eigenvalue weighted by Gasteiger charge is 2.25. The normalized spacial score (nSPS) is 19.3. The molecule has 10 nitrogen and oxygen atoms in total. The van der Waals surface area contributed by atoms with E-state index in [9.17, 15) is 17.2 Å². The quantitative estimate of drug-likeness (QED) is 0.475. The van der Waals surface area contributed by atoms with Crippen molar-refractivity contribution >= 4 is 21.5 Å². The van der Waals surface area contributed by atoms with Gasteiger partial charge in [0.05, 0.1) is 18.1 Å². The summed E-state index contributed by atoms with van der Waals surface area (Å²) in [7, 11) is -3.27. The highest BCUT2D eigenvalue weighted by molar-refractivity contribution is 7.88. The second kappa shape index (κ2) is 9.63. The van der Waals surface area contributed by atoms with Gasteiger partial charge in [-0.1, -0.05) is 0 Å². The van der Waals surface area contributed by atoms with E-state index in [-0.39, 0.29) is 17.7 Å². The van der Waals surface area contributed by atoms with Crippen molar-refractivity contribution in [3.8, 4) is 17.1 Å². The van der Waals surface area contributed by atoms with Gasteiger partial charge in [0.15, 0.2) is 5.65 Å². The zero-order valence-corrected chi connectivity index (χ0v) is 20.0. The molecular weight excluding hydrogens is 480 g/mol. The van der Waals surface area contributed by atoms with Gasteiger partial charge >= 0.3 is 0 Å². The fraction of sp³-hybridized carbons (Fsp3) is 0.500. The molecule has 0 bridgehead atoms. The van der Waals surface area contributed by atoms with Gasteiger partial charge in [0, 0.05) is 44.4 Å². The summed E-state index contributed by atoms with van der Waals surface area (Å²) in [4.78, 5) is 11.2. The van der Waals surface area contributed by atoms with Crippen molar-refractivity contribution in [2.75, 3.05) is 43.9 Å². The zero-order valence-electron chi connectivity index (χ0n) is 19.2. The molecule has 188 valence electrons. The number of halogens is 2. The average molecular weight is 508 g/mol. The predicted molar refractivity (Wildman–Crippen MR) is 126 cm³/mol. The summed E-state index contributed by atoms with van der Waals surface area (Å²) in [6.07, 6.45) is 1.85. The van der Waals surface area contributed by atoms with Crippen LogP contribution < -0.4 is 19.7 Å². The first-order chi connectivity index (χ1) is 16.7. The molecule has 2 aliphatic heterocycles. The highest BCUT2D eigenvalue weighted by atomic mass is 32.2. The number of sulfonamides is 1. The topological polar surface area (TPSA) is 114 Å². The number of hydrogen-bond acceptors (Lipinski definition) is 8. The molecule has 5 rings (SSSR count). The summed E-state index contributed by atoms with van der Waals surface area (Å²) >= 11 is 0. The van der Waals surface area contributed by atoms with Gasteiger partial charge in [0.1, 0.15) is 17.6 Å². The Balaban J connectivity index is 1.48. The van der Waals surface area contributed by atoms with Crippen molar-refractivity contribution in [3.05, 3.63) is 36.2 Å². The number of piperidine rings is 1. The maximum Gasteiger partial charge on any atom is 0.282 e. The lowest BCUT2D eigenvalue weighted by molar-refractivity contribution is 0.136. The Labute approximate surface area is 201 Å². The van der Waals surface area contributed by atoms with Crippen LogP contribution >= 0.6 is 0 Å². The van der Waals surface area contributed by atoms with E-state index in [1.165, 1.54) is 16.6 Å². The molecule has 0 aliphatic carbocycles. The van der Waals surface area contributed by atoms with Crippen LogP contribution in [0, 0.1) is 5.92 Å². The molecule has 2 N–H and O–H groups in total. The van der Waals surface area contributed by atoms with Gasteiger partial charge in [0.2, 0.25) is 15.9 Å². The Morgan fingerprint density at radius 2 is 2.11 bits per heavy atom. The Bertz CT molecular complexity index is 1310. The minimum Gasteiger partial charge on any atom is -0.472 e. The number of fused-ring (bicyclic) bond motifs is 1. The fourth-order valence-corrected chi connectivity index (χ4v) is 4.83. The summed E-state index contributed by atoms with van der Waals surface area (Å²) < 4.78 is 59.7. The molecule has 1 atom stereocenters. The van der Waals surface area contributed by atoms with Gasteiger partial charge in [0.25, 0.3) is 6.43 Å². The number of ether oxygens (including phenoxy) is 1. The van der Waals surface area contributed by atoms with Gasteiger partial charge in [-0.25, -0.2) is 31.4 Å². The minimum absolute atomic E-state index is 0.00408. The number of pyridine rings is 1. The molecule has 3 aromatic heterocycles. The lowest BCUT2D eigenvalue weighted by Crippen LogP contribution is -2.50. The lowest BCUT2D eigenvalue weighted by atomic mass is 9.98. The molecule has 1 unspecified atom stereocenters. The van der Waals surface area contributed by atoms with E-state index in [1.807, 2.05) is 6.07 Å². The SMILES string of the molecule is CS(=O)(=O)NCC1CCCN(c2cc(-c3cnc4ccc(C(F)F)nn34)cc(OC3CNC3)n2)C1. The van der Waals surface area contributed by atoms with Crippen LogP contribution in [0.15, 0.2) is 30.5 Å².